The van der Waals surface area contributed by atoms with Gasteiger partial charge in [0.1, 0.15) is 0 Å². The highest BCUT2D eigenvalue weighted by Gasteiger charge is 2.16. The van der Waals surface area contributed by atoms with E-state index < -0.39 is 11.6 Å². The summed E-state index contributed by atoms with van der Waals surface area (Å²) in [7, 11) is 0. The number of hydrogen-bond donors (Lipinski definition) is 0. The summed E-state index contributed by atoms with van der Waals surface area (Å²) in [5.41, 5.74) is 4.58. The molecule has 3 rings (SSSR count). The maximum Gasteiger partial charge on any atom is 0.167 e. The molecule has 0 saturated carbocycles. The summed E-state index contributed by atoms with van der Waals surface area (Å²) in [6, 6.07) is 19.2. The molecule has 0 bridgehead atoms. The van der Waals surface area contributed by atoms with Gasteiger partial charge in [-0.3, -0.25) is 0 Å². The van der Waals surface area contributed by atoms with Crippen molar-refractivity contribution in [3.63, 3.8) is 0 Å². The molecule has 0 N–H and O–H groups in total. The van der Waals surface area contributed by atoms with Gasteiger partial charge in [0.25, 0.3) is 0 Å². The zero-order chi connectivity index (χ0) is 24.2. The number of aryl methyl sites for hydroxylation is 2. The highest BCUT2D eigenvalue weighted by atomic mass is 19.2. The van der Waals surface area contributed by atoms with Crippen LogP contribution in [0.2, 0.25) is 0 Å². The smallest absolute Gasteiger partial charge is 0.167 e. The van der Waals surface area contributed by atoms with E-state index in [1.807, 2.05) is 48.5 Å². The van der Waals surface area contributed by atoms with Crippen LogP contribution < -0.4 is 0 Å². The van der Waals surface area contributed by atoms with Crippen LogP contribution in [0.5, 0.6) is 0 Å². The zero-order valence-electron chi connectivity index (χ0n) is 21.0. The fraction of sp³-hybridized carbons (Fsp3) is 0.438. The minimum absolute atomic E-state index is 0.319. The van der Waals surface area contributed by atoms with Crippen molar-refractivity contribution in [2.24, 2.45) is 0 Å². The van der Waals surface area contributed by atoms with Gasteiger partial charge < -0.3 is 0 Å². The predicted molar refractivity (Wildman–Crippen MR) is 142 cm³/mol. The van der Waals surface area contributed by atoms with Crippen molar-refractivity contribution in [1.82, 2.24) is 0 Å². The molecule has 0 amide bonds. The van der Waals surface area contributed by atoms with E-state index in [4.69, 9.17) is 0 Å². The summed E-state index contributed by atoms with van der Waals surface area (Å²) in [4.78, 5) is 0. The van der Waals surface area contributed by atoms with Gasteiger partial charge in [0, 0.05) is 11.1 Å². The highest BCUT2D eigenvalue weighted by molar-refractivity contribution is 5.72. The second kappa shape index (κ2) is 14.0. The van der Waals surface area contributed by atoms with Gasteiger partial charge >= 0.3 is 0 Å². The molecule has 34 heavy (non-hydrogen) atoms. The standard InChI is InChI=1S/C32H40F2/c1-3-5-7-9-11-13-25-15-19-27(20-16-25)29-23-24-30(32(34)31(29)33)28-21-17-26(18-22-28)14-12-10-8-6-4-2/h15-24H,3-14H2,1-2H3. The minimum atomic E-state index is -0.773. The van der Waals surface area contributed by atoms with Crippen molar-refractivity contribution < 1.29 is 8.78 Å². The molecule has 0 fully saturated rings. The Hall–Kier alpha value is -2.48. The SMILES string of the molecule is CCCCCCCc1ccc(-c2ccc(-c3ccc(CCCCCCC)cc3)c(F)c2F)cc1. The van der Waals surface area contributed by atoms with Crippen LogP contribution in [-0.4, -0.2) is 0 Å². The molecule has 0 radical (unpaired) electrons. The molecular formula is C32H40F2. The van der Waals surface area contributed by atoms with Crippen molar-refractivity contribution in [3.05, 3.63) is 83.4 Å². The van der Waals surface area contributed by atoms with Crippen LogP contribution in [0, 0.1) is 11.6 Å². The first-order valence-corrected chi connectivity index (χ1v) is 13.3. The molecule has 0 aromatic heterocycles. The van der Waals surface area contributed by atoms with E-state index in [2.05, 4.69) is 13.8 Å². The Morgan fingerprint density at radius 3 is 1.15 bits per heavy atom. The number of hydrogen-bond acceptors (Lipinski definition) is 0. The van der Waals surface area contributed by atoms with Crippen molar-refractivity contribution in [2.75, 3.05) is 0 Å². The highest BCUT2D eigenvalue weighted by Crippen LogP contribution is 2.32. The topological polar surface area (TPSA) is 0 Å². The van der Waals surface area contributed by atoms with E-state index in [1.54, 1.807) is 12.1 Å². The van der Waals surface area contributed by atoms with Crippen LogP contribution >= 0.6 is 0 Å². The van der Waals surface area contributed by atoms with Crippen LogP contribution in [0.3, 0.4) is 0 Å². The third-order valence-corrected chi connectivity index (χ3v) is 6.75. The van der Waals surface area contributed by atoms with Gasteiger partial charge in [-0.15, -0.1) is 0 Å². The molecule has 0 unspecified atom stereocenters. The van der Waals surface area contributed by atoms with E-state index >= 15 is 8.78 Å². The molecule has 0 aliphatic heterocycles. The monoisotopic (exact) mass is 462 g/mol. The lowest BCUT2D eigenvalue weighted by Gasteiger charge is -2.11. The molecule has 0 heterocycles. The first-order valence-electron chi connectivity index (χ1n) is 13.3. The third-order valence-electron chi connectivity index (χ3n) is 6.75. The van der Waals surface area contributed by atoms with E-state index in [-0.39, 0.29) is 0 Å². The zero-order valence-corrected chi connectivity index (χ0v) is 21.0. The summed E-state index contributed by atoms with van der Waals surface area (Å²) in [5.74, 6) is -1.55. The summed E-state index contributed by atoms with van der Waals surface area (Å²) in [6.07, 6.45) is 14.6. The molecular weight excluding hydrogens is 422 g/mol. The average molecular weight is 463 g/mol. The normalized spacial score (nSPS) is 11.2. The van der Waals surface area contributed by atoms with Gasteiger partial charge in [-0.2, -0.15) is 0 Å². The number of halogens is 2. The second-order valence-corrected chi connectivity index (χ2v) is 9.51. The Balaban J connectivity index is 1.63. The number of benzene rings is 3. The Labute approximate surface area is 205 Å². The first-order chi connectivity index (χ1) is 16.6. The summed E-state index contributed by atoms with van der Waals surface area (Å²) >= 11 is 0. The van der Waals surface area contributed by atoms with Crippen molar-refractivity contribution in [2.45, 2.75) is 90.9 Å². The van der Waals surface area contributed by atoms with Gasteiger partial charge in [0.15, 0.2) is 11.6 Å². The Kier molecular flexibility index (Phi) is 10.8. The Morgan fingerprint density at radius 1 is 0.441 bits per heavy atom. The van der Waals surface area contributed by atoms with Gasteiger partial charge in [-0.05, 0) is 47.9 Å². The minimum Gasteiger partial charge on any atom is -0.203 e. The maximum atomic E-state index is 15.0. The van der Waals surface area contributed by atoms with Crippen molar-refractivity contribution >= 4 is 0 Å². The lowest BCUT2D eigenvalue weighted by atomic mass is 9.96. The molecule has 0 spiro atoms. The first kappa shape index (κ1) is 26.1. The number of unbranched alkanes of at least 4 members (excludes halogenated alkanes) is 8. The molecule has 0 saturated heterocycles. The molecule has 0 aliphatic carbocycles. The lowest BCUT2D eigenvalue weighted by Crippen LogP contribution is -1.95. The van der Waals surface area contributed by atoms with Crippen LogP contribution in [0.15, 0.2) is 60.7 Å². The van der Waals surface area contributed by atoms with E-state index in [9.17, 15) is 0 Å². The van der Waals surface area contributed by atoms with Gasteiger partial charge in [-0.1, -0.05) is 126 Å². The van der Waals surface area contributed by atoms with Crippen LogP contribution in [-0.2, 0) is 12.8 Å². The Morgan fingerprint density at radius 2 is 0.794 bits per heavy atom. The van der Waals surface area contributed by atoms with Crippen molar-refractivity contribution in [3.8, 4) is 22.3 Å². The molecule has 0 nitrogen and oxygen atoms in total. The van der Waals surface area contributed by atoms with E-state index in [0.29, 0.717) is 11.1 Å². The molecule has 0 atom stereocenters. The second-order valence-electron chi connectivity index (χ2n) is 9.51. The lowest BCUT2D eigenvalue weighted by molar-refractivity contribution is 0.514. The summed E-state index contributed by atoms with van der Waals surface area (Å²) < 4.78 is 30.1. The molecule has 3 aromatic carbocycles. The molecule has 3 aromatic rings. The largest absolute Gasteiger partial charge is 0.203 e. The molecule has 182 valence electrons. The Bertz CT molecular complexity index is 904. The van der Waals surface area contributed by atoms with Crippen LogP contribution in [0.4, 0.5) is 8.78 Å². The fourth-order valence-electron chi connectivity index (χ4n) is 4.56. The van der Waals surface area contributed by atoms with Crippen molar-refractivity contribution in [1.29, 1.82) is 0 Å². The van der Waals surface area contributed by atoms with E-state index in [1.165, 1.54) is 75.3 Å². The maximum absolute atomic E-state index is 15.0. The fourth-order valence-corrected chi connectivity index (χ4v) is 4.56. The van der Waals surface area contributed by atoms with Crippen LogP contribution in [0.25, 0.3) is 22.3 Å². The van der Waals surface area contributed by atoms with Gasteiger partial charge in [-0.25, -0.2) is 8.78 Å². The van der Waals surface area contributed by atoms with Gasteiger partial charge in [0.2, 0.25) is 0 Å². The average Bonchev–Trinajstić information content (AvgIpc) is 2.86. The molecule has 0 aliphatic rings. The predicted octanol–water partition coefficient (Wildman–Crippen LogP) is 10.3. The summed E-state index contributed by atoms with van der Waals surface area (Å²) in [5, 5.41) is 0. The van der Waals surface area contributed by atoms with Gasteiger partial charge in [0.05, 0.1) is 0 Å². The quantitative estimate of drug-likeness (QED) is 0.209. The van der Waals surface area contributed by atoms with Crippen LogP contribution in [0.1, 0.15) is 89.2 Å². The number of rotatable bonds is 14. The molecule has 2 heteroatoms. The third kappa shape index (κ3) is 7.52. The van der Waals surface area contributed by atoms with E-state index in [0.717, 1.165) is 24.0 Å². The summed E-state index contributed by atoms with van der Waals surface area (Å²) in [6.45, 7) is 4.44.